The number of aliphatic hydroxyl groups is 1. The predicted octanol–water partition coefficient (Wildman–Crippen LogP) is 4.66. The van der Waals surface area contributed by atoms with E-state index in [0.29, 0.717) is 31.0 Å². The Kier molecular flexibility index (Phi) is 5.99. The topological polar surface area (TPSA) is 72.1 Å². The molecule has 1 N–H and O–H groups in total. The number of piperidine rings is 1. The normalized spacial score (nSPS) is 21.2. The zero-order valence-electron chi connectivity index (χ0n) is 20.0. The third-order valence-corrected chi connectivity index (χ3v) is 6.54. The standard InChI is InChI=1S/C26H25F3N4O3/c1-15-13-32(14-30-15)22-7-6-17(10-23(22)35-3)9-18-5-4-8-33-25(18)31-36-26(33,16(2)34)19-11-20(27)24(29)21(28)12-19/h6-7,9-14,16,34H,4-5,8H2,1-3H3. The number of hydrogen-bond acceptors (Lipinski definition) is 6. The van der Waals surface area contributed by atoms with Crippen LogP contribution in [0.4, 0.5) is 13.2 Å². The molecule has 1 fully saturated rings. The first kappa shape index (κ1) is 23.9. The predicted molar refractivity (Wildman–Crippen MR) is 127 cm³/mol. The Morgan fingerprint density at radius 3 is 2.58 bits per heavy atom. The maximum atomic E-state index is 14.1. The van der Waals surface area contributed by atoms with Crippen molar-refractivity contribution in [1.82, 2.24) is 14.5 Å². The molecule has 1 saturated heterocycles. The molecule has 188 valence electrons. The van der Waals surface area contributed by atoms with E-state index in [1.165, 1.54) is 6.92 Å². The second-order valence-corrected chi connectivity index (χ2v) is 8.91. The quantitative estimate of drug-likeness (QED) is 0.518. The van der Waals surface area contributed by atoms with Crippen molar-refractivity contribution in [3.63, 3.8) is 0 Å². The van der Waals surface area contributed by atoms with Crippen LogP contribution in [0, 0.1) is 24.4 Å². The molecular weight excluding hydrogens is 473 g/mol. The van der Waals surface area contributed by atoms with E-state index in [9.17, 15) is 18.3 Å². The molecular formula is C26H25F3N4O3. The minimum absolute atomic E-state index is 0.0597. The van der Waals surface area contributed by atoms with Crippen molar-refractivity contribution in [2.24, 2.45) is 5.16 Å². The summed E-state index contributed by atoms with van der Waals surface area (Å²) in [5.41, 5.74) is 1.63. The Labute approximate surface area is 206 Å². The number of hydrogen-bond donors (Lipinski definition) is 1. The summed E-state index contributed by atoms with van der Waals surface area (Å²) in [6, 6.07) is 7.41. The van der Waals surface area contributed by atoms with Crippen LogP contribution in [0.15, 0.2) is 53.6 Å². The number of aryl methyl sites for hydroxylation is 1. The third-order valence-electron chi connectivity index (χ3n) is 6.54. The van der Waals surface area contributed by atoms with Gasteiger partial charge in [-0.25, -0.2) is 18.2 Å². The van der Waals surface area contributed by atoms with Crippen molar-refractivity contribution in [2.45, 2.75) is 38.5 Å². The first-order chi connectivity index (χ1) is 17.2. The number of rotatable bonds is 5. The average molecular weight is 499 g/mol. The summed E-state index contributed by atoms with van der Waals surface area (Å²) in [6.45, 7) is 3.77. The number of amidine groups is 1. The second kappa shape index (κ2) is 9.02. The number of ether oxygens (including phenoxy) is 1. The molecule has 0 spiro atoms. The highest BCUT2D eigenvalue weighted by Gasteiger charge is 2.53. The third kappa shape index (κ3) is 3.81. The summed E-state index contributed by atoms with van der Waals surface area (Å²) in [4.78, 5) is 11.7. The smallest absolute Gasteiger partial charge is 0.263 e. The molecule has 3 heterocycles. The van der Waals surface area contributed by atoms with E-state index < -0.39 is 29.3 Å². The molecule has 2 aliphatic rings. The molecule has 0 saturated carbocycles. The summed E-state index contributed by atoms with van der Waals surface area (Å²) in [5, 5.41) is 14.9. The van der Waals surface area contributed by atoms with Crippen LogP contribution in [0.25, 0.3) is 11.8 Å². The summed E-state index contributed by atoms with van der Waals surface area (Å²) in [7, 11) is 1.59. The number of nitrogens with zero attached hydrogens (tertiary/aromatic N) is 4. The van der Waals surface area contributed by atoms with Crippen LogP contribution in [0.5, 0.6) is 5.75 Å². The Hall–Kier alpha value is -3.79. The SMILES string of the molecule is COc1cc(C=C2CCCN3C2=NOC3(c2cc(F)c(F)c(F)c2)C(C)O)ccc1-n1cnc(C)c1. The van der Waals surface area contributed by atoms with Gasteiger partial charge in [0.05, 0.1) is 24.8 Å². The van der Waals surface area contributed by atoms with Crippen LogP contribution in [0.2, 0.25) is 0 Å². The van der Waals surface area contributed by atoms with E-state index in [1.807, 2.05) is 42.0 Å². The highest BCUT2D eigenvalue weighted by Crippen LogP contribution is 2.43. The van der Waals surface area contributed by atoms with E-state index in [0.717, 1.165) is 34.7 Å². The highest BCUT2D eigenvalue weighted by molar-refractivity contribution is 6.03. The lowest BCUT2D eigenvalue weighted by molar-refractivity contribution is -0.173. The molecule has 2 unspecified atom stereocenters. The number of oxime groups is 1. The van der Waals surface area contributed by atoms with Crippen LogP contribution >= 0.6 is 0 Å². The first-order valence-electron chi connectivity index (χ1n) is 11.5. The molecule has 36 heavy (non-hydrogen) atoms. The maximum absolute atomic E-state index is 14.1. The summed E-state index contributed by atoms with van der Waals surface area (Å²) < 4.78 is 49.3. The van der Waals surface area contributed by atoms with Crippen LogP contribution in [0.3, 0.4) is 0 Å². The summed E-state index contributed by atoms with van der Waals surface area (Å²) in [5.74, 6) is -3.22. The van der Waals surface area contributed by atoms with Crippen molar-refractivity contribution in [2.75, 3.05) is 13.7 Å². The van der Waals surface area contributed by atoms with Gasteiger partial charge >= 0.3 is 0 Å². The van der Waals surface area contributed by atoms with Gasteiger partial charge < -0.3 is 24.1 Å². The van der Waals surface area contributed by atoms with E-state index in [-0.39, 0.29) is 5.56 Å². The Bertz CT molecular complexity index is 1360. The maximum Gasteiger partial charge on any atom is 0.263 e. The number of imidazole rings is 1. The molecule has 2 aliphatic heterocycles. The second-order valence-electron chi connectivity index (χ2n) is 8.91. The number of methoxy groups -OCH3 is 1. The molecule has 1 aromatic heterocycles. The van der Waals surface area contributed by atoms with Gasteiger partial charge in [-0.05, 0) is 68.2 Å². The minimum atomic E-state index is -1.69. The Morgan fingerprint density at radius 1 is 1.19 bits per heavy atom. The average Bonchev–Trinajstić information content (AvgIpc) is 3.47. The van der Waals surface area contributed by atoms with Crippen LogP contribution in [-0.4, -0.2) is 45.2 Å². The lowest BCUT2D eigenvalue weighted by Crippen LogP contribution is -2.55. The van der Waals surface area contributed by atoms with Crippen molar-refractivity contribution in [3.05, 3.63) is 82.7 Å². The molecule has 5 rings (SSSR count). The van der Waals surface area contributed by atoms with Gasteiger partial charge in [-0.1, -0.05) is 11.2 Å². The monoisotopic (exact) mass is 498 g/mol. The molecule has 0 bridgehead atoms. The van der Waals surface area contributed by atoms with Gasteiger partial charge in [-0.3, -0.25) is 0 Å². The number of aromatic nitrogens is 2. The number of halogens is 3. The number of aliphatic hydroxyl groups excluding tert-OH is 1. The Morgan fingerprint density at radius 2 is 1.94 bits per heavy atom. The van der Waals surface area contributed by atoms with Crippen LogP contribution in [-0.2, 0) is 10.6 Å². The van der Waals surface area contributed by atoms with Crippen LogP contribution < -0.4 is 4.74 Å². The van der Waals surface area contributed by atoms with Gasteiger partial charge in [-0.15, -0.1) is 0 Å². The molecule has 10 heteroatoms. The van der Waals surface area contributed by atoms with Crippen molar-refractivity contribution < 1.29 is 27.9 Å². The van der Waals surface area contributed by atoms with Crippen LogP contribution in [0.1, 0.15) is 36.6 Å². The first-order valence-corrected chi connectivity index (χ1v) is 11.5. The van der Waals surface area contributed by atoms with Gasteiger partial charge in [0.1, 0.15) is 11.9 Å². The zero-order valence-corrected chi connectivity index (χ0v) is 20.0. The molecule has 0 amide bonds. The van der Waals surface area contributed by atoms with Crippen molar-refractivity contribution in [3.8, 4) is 11.4 Å². The van der Waals surface area contributed by atoms with E-state index in [1.54, 1.807) is 18.3 Å². The minimum Gasteiger partial charge on any atom is -0.495 e. The molecule has 3 aromatic rings. The summed E-state index contributed by atoms with van der Waals surface area (Å²) in [6.07, 6.45) is 5.66. The molecule has 0 aliphatic carbocycles. The number of fused-ring (bicyclic) bond motifs is 1. The lowest BCUT2D eigenvalue weighted by atomic mass is 9.91. The highest BCUT2D eigenvalue weighted by atomic mass is 19.2. The molecule has 2 atom stereocenters. The summed E-state index contributed by atoms with van der Waals surface area (Å²) >= 11 is 0. The van der Waals surface area contributed by atoms with Crippen molar-refractivity contribution in [1.29, 1.82) is 0 Å². The fourth-order valence-corrected chi connectivity index (χ4v) is 4.81. The van der Waals surface area contributed by atoms with E-state index >= 15 is 0 Å². The molecule has 7 nitrogen and oxygen atoms in total. The Balaban J connectivity index is 1.51. The van der Waals surface area contributed by atoms with E-state index in [4.69, 9.17) is 9.57 Å². The largest absolute Gasteiger partial charge is 0.495 e. The van der Waals surface area contributed by atoms with Gasteiger partial charge in [0, 0.05) is 18.3 Å². The van der Waals surface area contributed by atoms with Gasteiger partial charge in [0.2, 0.25) is 0 Å². The van der Waals surface area contributed by atoms with Crippen molar-refractivity contribution >= 4 is 11.9 Å². The zero-order chi connectivity index (χ0) is 25.6. The molecule has 0 radical (unpaired) electrons. The fourth-order valence-electron chi connectivity index (χ4n) is 4.81. The number of benzene rings is 2. The molecule has 2 aromatic carbocycles. The fraction of sp³-hybridized carbons (Fsp3) is 0.308. The lowest BCUT2D eigenvalue weighted by Gasteiger charge is -2.41. The van der Waals surface area contributed by atoms with Gasteiger partial charge in [0.25, 0.3) is 5.72 Å². The van der Waals surface area contributed by atoms with Gasteiger partial charge in [-0.2, -0.15) is 0 Å². The van der Waals surface area contributed by atoms with Gasteiger partial charge in [0.15, 0.2) is 23.3 Å². The van der Waals surface area contributed by atoms with E-state index in [2.05, 4.69) is 10.1 Å².